The molecule has 0 amide bonds. The smallest absolute Gasteiger partial charge is 0.233 e. The lowest BCUT2D eigenvalue weighted by atomic mass is 10.3. The number of benzene rings is 1. The van der Waals surface area contributed by atoms with Crippen molar-refractivity contribution >= 4 is 38.9 Å². The lowest BCUT2D eigenvalue weighted by Gasteiger charge is -2.08. The quantitative estimate of drug-likeness (QED) is 0.856. The fourth-order valence-electron chi connectivity index (χ4n) is 0.896. The number of halogens is 3. The molecule has 7 heteroatoms. The Balaban J connectivity index is 2.94. The highest BCUT2D eigenvalue weighted by atomic mass is 35.5. The largest absolute Gasteiger partial charge is 0.282 e. The molecule has 0 radical (unpaired) electrons. The van der Waals surface area contributed by atoms with Gasteiger partial charge in [-0.3, -0.25) is 4.72 Å². The van der Waals surface area contributed by atoms with Crippen LogP contribution in [0.3, 0.4) is 0 Å². The van der Waals surface area contributed by atoms with Gasteiger partial charge in [0.2, 0.25) is 10.0 Å². The maximum Gasteiger partial charge on any atom is 0.233 e. The molecule has 15 heavy (non-hydrogen) atoms. The molecule has 1 N–H and O–H groups in total. The molecular formula is C8H8Cl2FNO2S. The number of rotatable bonds is 4. The SMILES string of the molecule is O=S(=O)(CCCl)Nc1cc(F)ccc1Cl. The minimum atomic E-state index is -3.56. The molecule has 3 nitrogen and oxygen atoms in total. The molecule has 1 aromatic rings. The van der Waals surface area contributed by atoms with Gasteiger partial charge in [0.25, 0.3) is 0 Å². The Morgan fingerprint density at radius 1 is 1.40 bits per heavy atom. The van der Waals surface area contributed by atoms with E-state index >= 15 is 0 Å². The molecule has 0 heterocycles. The first-order valence-electron chi connectivity index (χ1n) is 3.96. The zero-order chi connectivity index (χ0) is 11.5. The van der Waals surface area contributed by atoms with Crippen LogP contribution in [-0.2, 0) is 10.0 Å². The normalized spacial score (nSPS) is 11.4. The van der Waals surface area contributed by atoms with Crippen LogP contribution >= 0.6 is 23.2 Å². The number of sulfonamides is 1. The topological polar surface area (TPSA) is 46.2 Å². The number of anilines is 1. The highest BCUT2D eigenvalue weighted by molar-refractivity contribution is 7.92. The first-order valence-corrected chi connectivity index (χ1v) is 6.52. The molecule has 0 aliphatic rings. The van der Waals surface area contributed by atoms with Crippen LogP contribution in [0.2, 0.25) is 5.02 Å². The lowest BCUT2D eigenvalue weighted by molar-refractivity contribution is 0.602. The molecule has 1 aromatic carbocycles. The van der Waals surface area contributed by atoms with E-state index in [2.05, 4.69) is 4.72 Å². The van der Waals surface area contributed by atoms with Gasteiger partial charge in [-0.2, -0.15) is 0 Å². The van der Waals surface area contributed by atoms with E-state index in [1.165, 1.54) is 6.07 Å². The summed E-state index contributed by atoms with van der Waals surface area (Å²) in [6.07, 6.45) is 0. The van der Waals surface area contributed by atoms with Crippen molar-refractivity contribution in [3.8, 4) is 0 Å². The second kappa shape index (κ2) is 5.01. The summed E-state index contributed by atoms with van der Waals surface area (Å²) < 4.78 is 37.5. The molecule has 0 aliphatic heterocycles. The van der Waals surface area contributed by atoms with Crippen molar-refractivity contribution in [2.75, 3.05) is 16.4 Å². The summed E-state index contributed by atoms with van der Waals surface area (Å²) in [7, 11) is -3.56. The van der Waals surface area contributed by atoms with Crippen LogP contribution in [0.15, 0.2) is 18.2 Å². The second-order valence-electron chi connectivity index (χ2n) is 2.73. The van der Waals surface area contributed by atoms with Crippen molar-refractivity contribution in [3.05, 3.63) is 29.0 Å². The molecule has 0 fully saturated rings. The lowest BCUT2D eigenvalue weighted by Crippen LogP contribution is -2.17. The molecule has 0 aromatic heterocycles. The molecule has 0 bridgehead atoms. The van der Waals surface area contributed by atoms with Crippen molar-refractivity contribution in [2.45, 2.75) is 0 Å². The van der Waals surface area contributed by atoms with Gasteiger partial charge in [-0.05, 0) is 18.2 Å². The van der Waals surface area contributed by atoms with Gasteiger partial charge in [0.1, 0.15) is 5.82 Å². The first kappa shape index (κ1) is 12.5. The minimum absolute atomic E-state index is 0.0155. The Hall–Kier alpha value is -0.520. The van der Waals surface area contributed by atoms with Crippen molar-refractivity contribution < 1.29 is 12.8 Å². The average Bonchev–Trinajstić information content (AvgIpc) is 2.10. The van der Waals surface area contributed by atoms with Crippen LogP contribution < -0.4 is 4.72 Å². The fourth-order valence-corrected chi connectivity index (χ4v) is 2.54. The average molecular weight is 272 g/mol. The Morgan fingerprint density at radius 2 is 2.07 bits per heavy atom. The predicted molar refractivity (Wildman–Crippen MR) is 59.5 cm³/mol. The molecule has 0 aliphatic carbocycles. The van der Waals surface area contributed by atoms with Gasteiger partial charge in [0.15, 0.2) is 0 Å². The molecule has 0 spiro atoms. The van der Waals surface area contributed by atoms with E-state index in [1.54, 1.807) is 0 Å². The zero-order valence-corrected chi connectivity index (χ0v) is 9.83. The van der Waals surface area contributed by atoms with E-state index in [0.29, 0.717) is 0 Å². The molecule has 84 valence electrons. The predicted octanol–water partition coefficient (Wildman–Crippen LogP) is 2.46. The number of hydrogen-bond acceptors (Lipinski definition) is 2. The highest BCUT2D eigenvalue weighted by Gasteiger charge is 2.12. The van der Waals surface area contributed by atoms with Gasteiger partial charge in [-0.1, -0.05) is 11.6 Å². The maximum absolute atomic E-state index is 12.8. The van der Waals surface area contributed by atoms with Gasteiger partial charge < -0.3 is 0 Å². The standard InChI is InChI=1S/C8H8Cl2FNO2S/c9-3-4-15(13,14)12-8-5-6(11)1-2-7(8)10/h1-2,5,12H,3-4H2. The van der Waals surface area contributed by atoms with Crippen LogP contribution in [0.25, 0.3) is 0 Å². The zero-order valence-electron chi connectivity index (χ0n) is 7.50. The van der Waals surface area contributed by atoms with Gasteiger partial charge in [-0.15, -0.1) is 11.6 Å². The fraction of sp³-hybridized carbons (Fsp3) is 0.250. The van der Waals surface area contributed by atoms with E-state index in [1.807, 2.05) is 0 Å². The van der Waals surface area contributed by atoms with Crippen LogP contribution in [0, 0.1) is 5.82 Å². The molecule has 1 rings (SSSR count). The van der Waals surface area contributed by atoms with E-state index in [4.69, 9.17) is 23.2 Å². The van der Waals surface area contributed by atoms with Crippen molar-refractivity contribution in [3.63, 3.8) is 0 Å². The molecule has 0 saturated heterocycles. The third-order valence-electron chi connectivity index (χ3n) is 1.54. The molecule has 0 atom stereocenters. The monoisotopic (exact) mass is 271 g/mol. The summed E-state index contributed by atoms with van der Waals surface area (Å²) in [5.41, 5.74) is 0.0155. The van der Waals surface area contributed by atoms with Crippen LogP contribution in [0.5, 0.6) is 0 Å². The van der Waals surface area contributed by atoms with Crippen LogP contribution in [0.1, 0.15) is 0 Å². The van der Waals surface area contributed by atoms with Gasteiger partial charge in [0.05, 0.1) is 16.5 Å². The Labute approximate surface area is 97.2 Å². The summed E-state index contributed by atoms with van der Waals surface area (Å²) in [4.78, 5) is 0. The summed E-state index contributed by atoms with van der Waals surface area (Å²) in [6.45, 7) is 0. The van der Waals surface area contributed by atoms with Crippen LogP contribution in [0.4, 0.5) is 10.1 Å². The van der Waals surface area contributed by atoms with E-state index in [0.717, 1.165) is 12.1 Å². The summed E-state index contributed by atoms with van der Waals surface area (Å²) in [5, 5.41) is 0.134. The van der Waals surface area contributed by atoms with Crippen molar-refractivity contribution in [2.24, 2.45) is 0 Å². The van der Waals surface area contributed by atoms with Crippen LogP contribution in [-0.4, -0.2) is 20.1 Å². The van der Waals surface area contributed by atoms with E-state index in [-0.39, 0.29) is 22.3 Å². The highest BCUT2D eigenvalue weighted by Crippen LogP contribution is 2.23. The number of alkyl halides is 1. The van der Waals surface area contributed by atoms with E-state index in [9.17, 15) is 12.8 Å². The third-order valence-corrected chi connectivity index (χ3v) is 3.55. The molecular weight excluding hydrogens is 264 g/mol. The number of hydrogen-bond donors (Lipinski definition) is 1. The van der Waals surface area contributed by atoms with E-state index < -0.39 is 15.8 Å². The summed E-state index contributed by atoms with van der Waals surface area (Å²) in [5.74, 6) is -0.855. The molecule has 0 saturated carbocycles. The summed E-state index contributed by atoms with van der Waals surface area (Å²) >= 11 is 11.0. The Morgan fingerprint density at radius 3 is 2.67 bits per heavy atom. The third kappa shape index (κ3) is 3.85. The van der Waals surface area contributed by atoms with Gasteiger partial charge >= 0.3 is 0 Å². The first-order chi connectivity index (χ1) is 6.94. The minimum Gasteiger partial charge on any atom is -0.282 e. The van der Waals surface area contributed by atoms with Gasteiger partial charge in [0, 0.05) is 5.88 Å². The number of nitrogens with one attached hydrogen (secondary N) is 1. The Kier molecular flexibility index (Phi) is 4.19. The van der Waals surface area contributed by atoms with Crippen molar-refractivity contribution in [1.82, 2.24) is 0 Å². The second-order valence-corrected chi connectivity index (χ2v) is 5.36. The molecule has 0 unspecified atom stereocenters. The van der Waals surface area contributed by atoms with Crippen molar-refractivity contribution in [1.29, 1.82) is 0 Å². The maximum atomic E-state index is 12.8. The van der Waals surface area contributed by atoms with Gasteiger partial charge in [-0.25, -0.2) is 12.8 Å². The summed E-state index contributed by atoms with van der Waals surface area (Å²) in [6, 6.07) is 3.42. The Bertz CT molecular complexity index is 450.